The van der Waals surface area contributed by atoms with Gasteiger partial charge in [0.25, 0.3) is 17.5 Å². The normalized spacial score (nSPS) is 15.3. The lowest BCUT2D eigenvalue weighted by Gasteiger charge is -2.28. The van der Waals surface area contributed by atoms with E-state index in [1.54, 1.807) is 42.5 Å². The summed E-state index contributed by atoms with van der Waals surface area (Å²) in [5.41, 5.74) is 0.467. The van der Waals surface area contributed by atoms with Crippen molar-refractivity contribution < 1.29 is 18.9 Å². The maximum absolute atomic E-state index is 13.0. The fraction of sp³-hybridized carbons (Fsp3) is 0. The highest BCUT2D eigenvalue weighted by Gasteiger charge is 2.34. The Morgan fingerprint density at radius 1 is 1.10 bits per heavy atom. The van der Waals surface area contributed by atoms with E-state index in [9.17, 15) is 19.7 Å². The molecule has 154 valence electrons. The van der Waals surface area contributed by atoms with Crippen LogP contribution in [-0.4, -0.2) is 21.9 Å². The number of benzene rings is 2. The van der Waals surface area contributed by atoms with Crippen molar-refractivity contribution in [3.05, 3.63) is 86.6 Å². The van der Waals surface area contributed by atoms with Crippen molar-refractivity contribution in [3.8, 4) is 11.3 Å². The number of hydrogen-bond acceptors (Lipinski definition) is 6. The minimum Gasteiger partial charge on any atom is -0.456 e. The fourth-order valence-electron chi connectivity index (χ4n) is 3.07. The van der Waals surface area contributed by atoms with Gasteiger partial charge in [-0.15, -0.1) is 0 Å². The van der Waals surface area contributed by atoms with E-state index in [-0.39, 0.29) is 33.5 Å². The lowest BCUT2D eigenvalue weighted by molar-refractivity contribution is -0.384. The maximum Gasteiger partial charge on any atom is 0.280 e. The fourth-order valence-corrected chi connectivity index (χ4v) is 3.73. The minimum atomic E-state index is -0.662. The van der Waals surface area contributed by atoms with Crippen molar-refractivity contribution in [2.45, 2.75) is 0 Å². The van der Waals surface area contributed by atoms with Crippen LogP contribution in [-0.2, 0) is 9.59 Å². The first-order chi connectivity index (χ1) is 14.8. The molecule has 2 amide bonds. The summed E-state index contributed by atoms with van der Waals surface area (Å²) in [6.45, 7) is 0. The smallest absolute Gasteiger partial charge is 0.280 e. The van der Waals surface area contributed by atoms with Gasteiger partial charge in [-0.3, -0.25) is 29.9 Å². The van der Waals surface area contributed by atoms with Crippen molar-refractivity contribution in [2.75, 3.05) is 4.90 Å². The molecule has 2 heterocycles. The predicted molar refractivity (Wildman–Crippen MR) is 121 cm³/mol. The van der Waals surface area contributed by atoms with Gasteiger partial charge in [-0.25, -0.2) is 0 Å². The Morgan fingerprint density at radius 2 is 1.87 bits per heavy atom. The summed E-state index contributed by atoms with van der Waals surface area (Å²) >= 11 is 8.52. The van der Waals surface area contributed by atoms with Crippen LogP contribution in [0.1, 0.15) is 5.76 Å². The number of nitro benzene ring substituents is 1. The molecule has 4 rings (SSSR count). The highest BCUT2D eigenvalue weighted by molar-refractivity contribution is 9.10. The largest absolute Gasteiger partial charge is 0.456 e. The summed E-state index contributed by atoms with van der Waals surface area (Å²) in [5, 5.41) is 13.7. The van der Waals surface area contributed by atoms with Gasteiger partial charge in [0.2, 0.25) is 0 Å². The number of nitrogens with one attached hydrogen (secondary N) is 1. The quantitative estimate of drug-likeness (QED) is 0.187. The predicted octanol–water partition coefficient (Wildman–Crippen LogP) is 4.45. The zero-order valence-corrected chi connectivity index (χ0v) is 18.0. The standard InChI is InChI=1S/C21H12BrN3O5S/c22-12-4-3-5-13(10-12)24-20(27)16(19(26)23-21(24)31)11-14-8-9-18(30-14)15-6-1-2-7-17(15)25(28)29/h1-11H,(H,23,26,31). The summed E-state index contributed by atoms with van der Waals surface area (Å²) in [7, 11) is 0. The Bertz CT molecular complexity index is 1280. The molecule has 0 radical (unpaired) electrons. The molecule has 1 aromatic heterocycles. The van der Waals surface area contributed by atoms with Gasteiger partial charge < -0.3 is 4.42 Å². The average molecular weight is 498 g/mol. The van der Waals surface area contributed by atoms with E-state index in [2.05, 4.69) is 21.2 Å². The van der Waals surface area contributed by atoms with Gasteiger partial charge in [0.1, 0.15) is 17.1 Å². The molecule has 1 N–H and O–H groups in total. The Hall–Kier alpha value is -3.63. The average Bonchev–Trinajstić information content (AvgIpc) is 3.19. The molecule has 1 saturated heterocycles. The van der Waals surface area contributed by atoms with Crippen LogP contribution in [0.25, 0.3) is 17.4 Å². The zero-order chi connectivity index (χ0) is 22.1. The molecule has 0 spiro atoms. The van der Waals surface area contributed by atoms with Gasteiger partial charge in [-0.05, 0) is 54.7 Å². The molecule has 8 nitrogen and oxygen atoms in total. The second kappa shape index (κ2) is 8.25. The van der Waals surface area contributed by atoms with Crippen LogP contribution >= 0.6 is 28.1 Å². The minimum absolute atomic E-state index is 0.0368. The molecule has 1 aliphatic rings. The lowest BCUT2D eigenvalue weighted by atomic mass is 10.1. The number of rotatable bonds is 4. The first-order valence-corrected chi connectivity index (χ1v) is 10.1. The van der Waals surface area contributed by atoms with Crippen LogP contribution in [0.15, 0.2) is 75.1 Å². The first kappa shape index (κ1) is 20.6. The zero-order valence-electron chi connectivity index (χ0n) is 15.6. The van der Waals surface area contributed by atoms with Crippen molar-refractivity contribution in [1.82, 2.24) is 5.32 Å². The summed E-state index contributed by atoms with van der Waals surface area (Å²) in [4.78, 5) is 37.4. The number of anilines is 1. The molecule has 1 aliphatic heterocycles. The summed E-state index contributed by atoms with van der Waals surface area (Å²) < 4.78 is 6.41. The molecule has 0 saturated carbocycles. The van der Waals surface area contributed by atoms with Crippen molar-refractivity contribution in [3.63, 3.8) is 0 Å². The molecule has 10 heteroatoms. The topological polar surface area (TPSA) is 106 Å². The number of carbonyl (C=O) groups is 2. The van der Waals surface area contributed by atoms with E-state index < -0.39 is 16.7 Å². The van der Waals surface area contributed by atoms with Crippen molar-refractivity contribution >= 4 is 62.5 Å². The molecule has 0 atom stereocenters. The number of nitro groups is 1. The van der Waals surface area contributed by atoms with E-state index in [0.717, 1.165) is 4.47 Å². The molecule has 1 fully saturated rings. The summed E-state index contributed by atoms with van der Waals surface area (Å²) in [5.74, 6) is -0.851. The van der Waals surface area contributed by atoms with E-state index in [0.29, 0.717) is 5.69 Å². The van der Waals surface area contributed by atoms with Gasteiger partial charge in [-0.2, -0.15) is 0 Å². The highest BCUT2D eigenvalue weighted by Crippen LogP contribution is 2.32. The maximum atomic E-state index is 13.0. The van der Waals surface area contributed by atoms with Crippen molar-refractivity contribution in [1.29, 1.82) is 0 Å². The number of amides is 2. The number of furan rings is 1. The molecule has 2 aromatic carbocycles. The third-order valence-corrected chi connectivity index (χ3v) is 5.23. The molecule has 0 bridgehead atoms. The van der Waals surface area contributed by atoms with Crippen molar-refractivity contribution in [2.24, 2.45) is 0 Å². The van der Waals surface area contributed by atoms with Crippen LogP contribution in [0.5, 0.6) is 0 Å². The summed E-state index contributed by atoms with van der Waals surface area (Å²) in [6, 6.07) is 16.1. The van der Waals surface area contributed by atoms with E-state index in [1.807, 2.05) is 0 Å². The monoisotopic (exact) mass is 497 g/mol. The highest BCUT2D eigenvalue weighted by atomic mass is 79.9. The molecule has 0 aliphatic carbocycles. The van der Waals surface area contributed by atoms with Crippen LogP contribution in [0.2, 0.25) is 0 Å². The molecule has 3 aromatic rings. The first-order valence-electron chi connectivity index (χ1n) is 8.86. The van der Waals surface area contributed by atoms with Gasteiger partial charge in [0, 0.05) is 10.5 Å². The van der Waals surface area contributed by atoms with E-state index in [1.165, 1.54) is 29.2 Å². The number of thiocarbonyl (C=S) groups is 1. The third kappa shape index (κ3) is 4.03. The van der Waals surface area contributed by atoms with Crippen LogP contribution < -0.4 is 10.2 Å². The molecule has 0 unspecified atom stereocenters. The Kier molecular flexibility index (Phi) is 5.49. The number of carbonyl (C=O) groups excluding carboxylic acids is 2. The van der Waals surface area contributed by atoms with Gasteiger partial charge in [-0.1, -0.05) is 34.1 Å². The van der Waals surface area contributed by atoms with Crippen LogP contribution in [0, 0.1) is 10.1 Å². The van der Waals surface area contributed by atoms with Crippen LogP contribution in [0.4, 0.5) is 11.4 Å². The molecular formula is C21H12BrN3O5S. The number of halogens is 1. The number of nitrogens with zero attached hydrogens (tertiary/aromatic N) is 2. The Balaban J connectivity index is 1.70. The number of hydrogen-bond donors (Lipinski definition) is 1. The van der Waals surface area contributed by atoms with Crippen LogP contribution in [0.3, 0.4) is 0 Å². The SMILES string of the molecule is O=C1NC(=S)N(c2cccc(Br)c2)C(=O)C1=Cc1ccc(-c2ccccc2[N+](=O)[O-])o1. The van der Waals surface area contributed by atoms with Gasteiger partial charge in [0.15, 0.2) is 5.11 Å². The Labute approximate surface area is 189 Å². The Morgan fingerprint density at radius 3 is 2.61 bits per heavy atom. The van der Waals surface area contributed by atoms with Gasteiger partial charge >= 0.3 is 0 Å². The van der Waals surface area contributed by atoms with E-state index in [4.69, 9.17) is 16.6 Å². The van der Waals surface area contributed by atoms with Gasteiger partial charge in [0.05, 0.1) is 16.2 Å². The third-order valence-electron chi connectivity index (χ3n) is 4.45. The summed E-state index contributed by atoms with van der Waals surface area (Å²) in [6.07, 6.45) is 1.28. The second-order valence-electron chi connectivity index (χ2n) is 6.41. The molecule has 31 heavy (non-hydrogen) atoms. The second-order valence-corrected chi connectivity index (χ2v) is 7.72. The number of para-hydroxylation sites is 1. The lowest BCUT2D eigenvalue weighted by Crippen LogP contribution is -2.54. The molecular weight excluding hydrogens is 486 g/mol. The van der Waals surface area contributed by atoms with E-state index >= 15 is 0 Å².